The molecule has 8 nitrogen and oxygen atoms in total. The van der Waals surface area contributed by atoms with Gasteiger partial charge in [0.1, 0.15) is 17.4 Å². The molecule has 194 valence electrons. The van der Waals surface area contributed by atoms with Gasteiger partial charge in [0.05, 0.1) is 18.1 Å². The highest BCUT2D eigenvalue weighted by Gasteiger charge is 2.26. The number of carbonyl (C=O) groups is 2. The number of hydrogen-bond acceptors (Lipinski definition) is 11. The first kappa shape index (κ1) is 29.1. The number of amides is 2. The fourth-order valence-corrected chi connectivity index (χ4v) is 5.57. The number of thiocarbonyl (C=S) groups is 1. The van der Waals surface area contributed by atoms with Crippen molar-refractivity contribution in [3.63, 3.8) is 0 Å². The standard InChI is InChI=1S/C26H22N4O4S4/c1-3-36-23-15-37-25(29-23)34-20-8-10-21(11-9-20)38-17(2)22(35)12-24(31)30(16-28)26(32)33-14-19-6-4-18(13-27)5-7-19/h4-11,15,17H,3,12,14H2,1-2H3. The normalized spacial score (nSPS) is 11.1. The molecule has 3 rings (SSSR count). The van der Waals surface area contributed by atoms with E-state index in [0.29, 0.717) is 31.8 Å². The average molecular weight is 583 g/mol. The second kappa shape index (κ2) is 14.5. The zero-order chi connectivity index (χ0) is 27.5. The van der Waals surface area contributed by atoms with E-state index in [1.165, 1.54) is 23.1 Å². The molecule has 1 unspecified atom stereocenters. The Bertz CT molecular complexity index is 1360. The van der Waals surface area contributed by atoms with Crippen molar-refractivity contribution >= 4 is 63.9 Å². The first-order valence-corrected chi connectivity index (χ1v) is 14.4. The van der Waals surface area contributed by atoms with Gasteiger partial charge in [0.2, 0.25) is 5.91 Å². The van der Waals surface area contributed by atoms with Gasteiger partial charge in [-0.25, -0.2) is 4.79 Å². The Kier molecular flexibility index (Phi) is 11.1. The van der Waals surface area contributed by atoms with Crippen LogP contribution < -0.4 is 4.74 Å². The molecule has 0 N–H and O–H groups in total. The van der Waals surface area contributed by atoms with E-state index in [2.05, 4.69) is 11.9 Å². The summed E-state index contributed by atoms with van der Waals surface area (Å²) < 4.78 is 10.9. The van der Waals surface area contributed by atoms with Crippen LogP contribution in [0.25, 0.3) is 0 Å². The van der Waals surface area contributed by atoms with E-state index in [9.17, 15) is 14.9 Å². The molecule has 0 saturated carbocycles. The summed E-state index contributed by atoms with van der Waals surface area (Å²) in [6, 6.07) is 15.8. The minimum absolute atomic E-state index is 0.145. The summed E-state index contributed by atoms with van der Waals surface area (Å²) >= 11 is 9.96. The molecule has 1 aromatic heterocycles. The number of aromatic nitrogens is 1. The largest absolute Gasteiger partial charge is 0.443 e. The minimum Gasteiger partial charge on any atom is -0.443 e. The molecule has 0 aliphatic heterocycles. The summed E-state index contributed by atoms with van der Waals surface area (Å²) in [7, 11) is 0. The van der Waals surface area contributed by atoms with E-state index in [1.54, 1.807) is 42.2 Å². The molecule has 0 bridgehead atoms. The molecule has 2 amide bonds. The van der Waals surface area contributed by atoms with Crippen LogP contribution in [0.2, 0.25) is 0 Å². The van der Waals surface area contributed by atoms with Crippen molar-refractivity contribution in [2.24, 2.45) is 0 Å². The van der Waals surface area contributed by atoms with E-state index < -0.39 is 12.0 Å². The van der Waals surface area contributed by atoms with Crippen molar-refractivity contribution in [3.05, 3.63) is 65.0 Å². The van der Waals surface area contributed by atoms with Crippen LogP contribution in [-0.2, 0) is 16.1 Å². The Morgan fingerprint density at radius 3 is 2.50 bits per heavy atom. The molecule has 0 radical (unpaired) electrons. The molecule has 3 aromatic rings. The molecule has 2 aromatic carbocycles. The Hall–Kier alpha value is -3.42. The number of ether oxygens (including phenoxy) is 2. The Morgan fingerprint density at radius 1 is 1.16 bits per heavy atom. The van der Waals surface area contributed by atoms with Crippen molar-refractivity contribution in [2.75, 3.05) is 5.75 Å². The van der Waals surface area contributed by atoms with Crippen LogP contribution in [-0.4, -0.2) is 37.8 Å². The molecular weight excluding hydrogens is 561 g/mol. The summed E-state index contributed by atoms with van der Waals surface area (Å²) in [6.45, 7) is 3.78. The average Bonchev–Trinajstić information content (AvgIpc) is 3.36. The third-order valence-electron chi connectivity index (χ3n) is 4.85. The van der Waals surface area contributed by atoms with E-state index in [-0.39, 0.29) is 18.3 Å². The zero-order valence-corrected chi connectivity index (χ0v) is 23.7. The molecule has 38 heavy (non-hydrogen) atoms. The maximum absolute atomic E-state index is 12.6. The van der Waals surface area contributed by atoms with Crippen LogP contribution in [0.15, 0.2) is 63.8 Å². The molecule has 0 saturated heterocycles. The number of thioether (sulfide) groups is 2. The summed E-state index contributed by atoms with van der Waals surface area (Å²) in [5.41, 5.74) is 1.08. The second-order valence-electron chi connectivity index (χ2n) is 7.55. The van der Waals surface area contributed by atoms with E-state index >= 15 is 0 Å². The molecular formula is C26H22N4O4S4. The number of imide groups is 1. The molecule has 12 heteroatoms. The fraction of sp³-hybridized carbons (Fsp3) is 0.231. The van der Waals surface area contributed by atoms with Crippen molar-refractivity contribution in [1.82, 2.24) is 9.88 Å². The van der Waals surface area contributed by atoms with Crippen LogP contribution in [0.4, 0.5) is 4.79 Å². The van der Waals surface area contributed by atoms with Crippen LogP contribution in [0.5, 0.6) is 10.9 Å². The van der Waals surface area contributed by atoms with Crippen LogP contribution in [0.1, 0.15) is 31.4 Å². The Labute approximate surface area is 238 Å². The zero-order valence-electron chi connectivity index (χ0n) is 20.4. The van der Waals surface area contributed by atoms with Crippen LogP contribution >= 0.6 is 47.1 Å². The Morgan fingerprint density at radius 2 is 1.87 bits per heavy atom. The van der Waals surface area contributed by atoms with Crippen molar-refractivity contribution in [1.29, 1.82) is 10.5 Å². The van der Waals surface area contributed by atoms with Crippen LogP contribution in [0, 0.1) is 22.8 Å². The summed E-state index contributed by atoms with van der Waals surface area (Å²) in [5.74, 6) is 0.841. The summed E-state index contributed by atoms with van der Waals surface area (Å²) in [5, 5.41) is 21.4. The quantitative estimate of drug-likeness (QED) is 0.103. The smallest absolute Gasteiger partial charge is 0.430 e. The van der Waals surface area contributed by atoms with Crippen molar-refractivity contribution in [3.8, 4) is 23.2 Å². The highest BCUT2D eigenvalue weighted by Crippen LogP contribution is 2.31. The fourth-order valence-electron chi connectivity index (χ4n) is 2.92. The third-order valence-corrected chi connectivity index (χ3v) is 8.34. The van der Waals surface area contributed by atoms with Gasteiger partial charge in [0, 0.05) is 20.4 Å². The topological polar surface area (TPSA) is 116 Å². The van der Waals surface area contributed by atoms with Gasteiger partial charge in [0.25, 0.3) is 5.19 Å². The molecule has 0 spiro atoms. The van der Waals surface area contributed by atoms with Gasteiger partial charge in [-0.3, -0.25) is 4.79 Å². The second-order valence-corrected chi connectivity index (χ2v) is 11.6. The molecule has 1 heterocycles. The lowest BCUT2D eigenvalue weighted by Crippen LogP contribution is -2.35. The van der Waals surface area contributed by atoms with E-state index in [4.69, 9.17) is 27.0 Å². The number of hydrogen-bond donors (Lipinski definition) is 0. The van der Waals surface area contributed by atoms with Crippen molar-refractivity contribution < 1.29 is 19.1 Å². The number of benzene rings is 2. The van der Waals surface area contributed by atoms with Gasteiger partial charge >= 0.3 is 6.09 Å². The Balaban J connectivity index is 1.48. The van der Waals surface area contributed by atoms with E-state index in [1.807, 2.05) is 42.6 Å². The van der Waals surface area contributed by atoms with Crippen LogP contribution in [0.3, 0.4) is 0 Å². The van der Waals surface area contributed by atoms with Gasteiger partial charge < -0.3 is 9.47 Å². The van der Waals surface area contributed by atoms with Gasteiger partial charge in [-0.05, 0) is 54.6 Å². The lowest BCUT2D eigenvalue weighted by molar-refractivity contribution is -0.125. The number of nitrogens with zero attached hydrogens (tertiary/aromatic N) is 4. The highest BCUT2D eigenvalue weighted by molar-refractivity contribution is 8.01. The number of carbonyl (C=O) groups excluding carboxylic acids is 2. The van der Waals surface area contributed by atoms with Gasteiger partial charge in [-0.1, -0.05) is 42.6 Å². The first-order chi connectivity index (χ1) is 18.3. The maximum Gasteiger partial charge on any atom is 0.430 e. The van der Waals surface area contributed by atoms with Crippen molar-refractivity contribution in [2.45, 2.75) is 42.0 Å². The molecule has 0 fully saturated rings. The maximum atomic E-state index is 12.6. The number of nitriles is 2. The third kappa shape index (κ3) is 8.57. The lowest BCUT2D eigenvalue weighted by atomic mass is 10.2. The minimum atomic E-state index is -1.08. The molecule has 0 aliphatic rings. The number of rotatable bonds is 11. The first-order valence-electron chi connectivity index (χ1n) is 11.3. The van der Waals surface area contributed by atoms with Gasteiger partial charge in [0.15, 0.2) is 6.19 Å². The molecule has 1 atom stereocenters. The van der Waals surface area contributed by atoms with Gasteiger partial charge in [-0.15, -0.1) is 28.4 Å². The molecule has 0 aliphatic carbocycles. The van der Waals surface area contributed by atoms with E-state index in [0.717, 1.165) is 15.7 Å². The highest BCUT2D eigenvalue weighted by atomic mass is 32.2. The monoisotopic (exact) mass is 582 g/mol. The predicted molar refractivity (Wildman–Crippen MR) is 151 cm³/mol. The number of thiazole rings is 1. The predicted octanol–water partition coefficient (Wildman–Crippen LogP) is 6.81. The SMILES string of the molecule is CCSc1csc(Oc2ccc(SC(C)C(=S)CC(=O)N(C#N)C(=O)OCc3ccc(C#N)cc3)cc2)n1. The summed E-state index contributed by atoms with van der Waals surface area (Å²) in [4.78, 5) is 31.0. The van der Waals surface area contributed by atoms with Gasteiger partial charge in [-0.2, -0.15) is 15.5 Å². The lowest BCUT2D eigenvalue weighted by Gasteiger charge is -2.16. The summed E-state index contributed by atoms with van der Waals surface area (Å²) in [6.07, 6.45) is 0.225.